The minimum atomic E-state index is -0.316. The zero-order chi connectivity index (χ0) is 13.7. The fraction of sp³-hybridized carbons (Fsp3) is 0.692. The van der Waals surface area contributed by atoms with Gasteiger partial charge in [-0.3, -0.25) is 4.90 Å². The van der Waals surface area contributed by atoms with Crippen LogP contribution in [0.5, 0.6) is 0 Å². The van der Waals surface area contributed by atoms with E-state index in [1.807, 2.05) is 5.38 Å². The molecule has 1 saturated heterocycles. The van der Waals surface area contributed by atoms with Crippen LogP contribution >= 0.6 is 11.3 Å². The second kappa shape index (κ2) is 6.98. The third kappa shape index (κ3) is 3.99. The van der Waals surface area contributed by atoms with Gasteiger partial charge in [-0.15, -0.1) is 11.3 Å². The van der Waals surface area contributed by atoms with E-state index >= 15 is 0 Å². The van der Waals surface area contributed by atoms with Crippen LogP contribution in [0.4, 0.5) is 0 Å². The standard InChI is InChI=1S/C13H21N3O2S/c1-3-18-13(17)12-15-10(9-19-12)8-16(2)11-4-6-14-7-5-11/h9,11,14H,3-8H2,1-2H3. The Morgan fingerprint density at radius 2 is 2.32 bits per heavy atom. The molecular formula is C13H21N3O2S. The monoisotopic (exact) mass is 283 g/mol. The smallest absolute Gasteiger partial charge is 0.367 e. The summed E-state index contributed by atoms with van der Waals surface area (Å²) in [5.74, 6) is -0.316. The third-order valence-corrected chi connectivity index (χ3v) is 4.22. The number of esters is 1. The van der Waals surface area contributed by atoms with Crippen molar-refractivity contribution in [2.45, 2.75) is 32.4 Å². The Labute approximate surface area is 118 Å². The predicted molar refractivity (Wildman–Crippen MR) is 75.4 cm³/mol. The summed E-state index contributed by atoms with van der Waals surface area (Å²) in [6.45, 7) is 5.15. The molecule has 0 unspecified atom stereocenters. The third-order valence-electron chi connectivity index (χ3n) is 3.35. The Kier molecular flexibility index (Phi) is 5.30. The SMILES string of the molecule is CCOC(=O)c1nc(CN(C)C2CCNCC2)cs1. The van der Waals surface area contributed by atoms with Gasteiger partial charge < -0.3 is 10.1 Å². The zero-order valence-electron chi connectivity index (χ0n) is 11.5. The first kappa shape index (κ1) is 14.4. The first-order chi connectivity index (χ1) is 9.20. The highest BCUT2D eigenvalue weighted by molar-refractivity contribution is 7.11. The van der Waals surface area contributed by atoms with Crippen molar-refractivity contribution in [3.63, 3.8) is 0 Å². The molecule has 1 N–H and O–H groups in total. The molecule has 19 heavy (non-hydrogen) atoms. The molecule has 1 aromatic rings. The molecule has 5 nitrogen and oxygen atoms in total. The average molecular weight is 283 g/mol. The van der Waals surface area contributed by atoms with Crippen LogP contribution in [0.2, 0.25) is 0 Å². The molecule has 2 rings (SSSR count). The van der Waals surface area contributed by atoms with Crippen molar-refractivity contribution in [1.29, 1.82) is 0 Å². The molecule has 6 heteroatoms. The van der Waals surface area contributed by atoms with E-state index in [9.17, 15) is 4.79 Å². The number of piperidine rings is 1. The lowest BCUT2D eigenvalue weighted by atomic mass is 10.1. The van der Waals surface area contributed by atoms with Crippen LogP contribution < -0.4 is 5.32 Å². The van der Waals surface area contributed by atoms with Gasteiger partial charge >= 0.3 is 5.97 Å². The summed E-state index contributed by atoms with van der Waals surface area (Å²) in [5, 5.41) is 5.77. The average Bonchev–Trinajstić information content (AvgIpc) is 2.88. The molecule has 0 spiro atoms. The van der Waals surface area contributed by atoms with Crippen molar-refractivity contribution in [3.8, 4) is 0 Å². The maximum absolute atomic E-state index is 11.5. The predicted octanol–water partition coefficient (Wildman–Crippen LogP) is 1.50. The topological polar surface area (TPSA) is 54.5 Å². The van der Waals surface area contributed by atoms with Crippen LogP contribution in [0.1, 0.15) is 35.3 Å². The summed E-state index contributed by atoms with van der Waals surface area (Å²) in [6, 6.07) is 0.606. The highest BCUT2D eigenvalue weighted by atomic mass is 32.1. The number of aromatic nitrogens is 1. The second-order valence-corrected chi connectivity index (χ2v) is 5.62. The van der Waals surface area contributed by atoms with Gasteiger partial charge in [-0.25, -0.2) is 9.78 Å². The maximum atomic E-state index is 11.5. The molecule has 0 saturated carbocycles. The van der Waals surface area contributed by atoms with E-state index in [4.69, 9.17) is 4.74 Å². The fourth-order valence-electron chi connectivity index (χ4n) is 2.30. The second-order valence-electron chi connectivity index (χ2n) is 4.76. The van der Waals surface area contributed by atoms with Crippen molar-refractivity contribution >= 4 is 17.3 Å². The summed E-state index contributed by atoms with van der Waals surface area (Å²) >= 11 is 1.36. The van der Waals surface area contributed by atoms with Crippen LogP contribution in [0, 0.1) is 0 Å². The molecule has 2 heterocycles. The molecule has 0 radical (unpaired) electrons. The van der Waals surface area contributed by atoms with Gasteiger partial charge in [0.05, 0.1) is 12.3 Å². The Morgan fingerprint density at radius 3 is 3.00 bits per heavy atom. The minimum Gasteiger partial charge on any atom is -0.461 e. The Hall–Kier alpha value is -0.980. The summed E-state index contributed by atoms with van der Waals surface area (Å²) in [4.78, 5) is 18.2. The van der Waals surface area contributed by atoms with E-state index in [2.05, 4.69) is 22.2 Å². The van der Waals surface area contributed by atoms with Gasteiger partial charge in [0, 0.05) is 18.0 Å². The number of rotatable bonds is 5. The fourth-order valence-corrected chi connectivity index (χ4v) is 3.00. The van der Waals surface area contributed by atoms with E-state index in [0.29, 0.717) is 17.7 Å². The van der Waals surface area contributed by atoms with Crippen LogP contribution in [0.25, 0.3) is 0 Å². The number of thiazole rings is 1. The van der Waals surface area contributed by atoms with E-state index < -0.39 is 0 Å². The lowest BCUT2D eigenvalue weighted by Gasteiger charge is -2.31. The van der Waals surface area contributed by atoms with E-state index in [1.54, 1.807) is 6.92 Å². The molecule has 0 aromatic carbocycles. The molecular weight excluding hydrogens is 262 g/mol. The van der Waals surface area contributed by atoms with Crippen molar-refractivity contribution in [3.05, 3.63) is 16.1 Å². The van der Waals surface area contributed by atoms with Gasteiger partial charge in [0.25, 0.3) is 0 Å². The highest BCUT2D eigenvalue weighted by Gasteiger charge is 2.19. The highest BCUT2D eigenvalue weighted by Crippen LogP contribution is 2.16. The molecule has 0 bridgehead atoms. The Bertz CT molecular complexity index is 416. The van der Waals surface area contributed by atoms with Gasteiger partial charge in [0.15, 0.2) is 0 Å². The van der Waals surface area contributed by atoms with Crippen LogP contribution in [0.15, 0.2) is 5.38 Å². The normalized spacial score (nSPS) is 16.8. The van der Waals surface area contributed by atoms with Gasteiger partial charge in [-0.2, -0.15) is 0 Å². The van der Waals surface area contributed by atoms with Crippen LogP contribution in [0.3, 0.4) is 0 Å². The number of ether oxygens (including phenoxy) is 1. The quantitative estimate of drug-likeness (QED) is 0.830. The minimum absolute atomic E-state index is 0.316. The summed E-state index contributed by atoms with van der Waals surface area (Å²) < 4.78 is 4.95. The zero-order valence-corrected chi connectivity index (χ0v) is 12.3. The van der Waals surface area contributed by atoms with Gasteiger partial charge in [-0.05, 0) is 39.9 Å². The van der Waals surface area contributed by atoms with Crippen molar-refractivity contribution in [2.24, 2.45) is 0 Å². The number of carbonyl (C=O) groups excluding carboxylic acids is 1. The van der Waals surface area contributed by atoms with E-state index in [-0.39, 0.29) is 5.97 Å². The molecule has 1 aliphatic heterocycles. The summed E-state index contributed by atoms with van der Waals surface area (Å²) in [6.07, 6.45) is 2.34. The Balaban J connectivity index is 1.90. The number of hydrogen-bond acceptors (Lipinski definition) is 6. The molecule has 1 fully saturated rings. The number of carbonyl (C=O) groups is 1. The lowest BCUT2D eigenvalue weighted by molar-refractivity contribution is 0.0525. The lowest BCUT2D eigenvalue weighted by Crippen LogP contribution is -2.40. The first-order valence-electron chi connectivity index (χ1n) is 6.73. The number of hydrogen-bond donors (Lipinski definition) is 1. The Morgan fingerprint density at radius 1 is 1.58 bits per heavy atom. The molecule has 1 aromatic heterocycles. The van der Waals surface area contributed by atoms with Crippen molar-refractivity contribution in [2.75, 3.05) is 26.7 Å². The van der Waals surface area contributed by atoms with Crippen LogP contribution in [-0.2, 0) is 11.3 Å². The van der Waals surface area contributed by atoms with Crippen molar-refractivity contribution in [1.82, 2.24) is 15.2 Å². The summed E-state index contributed by atoms with van der Waals surface area (Å²) in [7, 11) is 2.12. The number of nitrogens with one attached hydrogen (secondary N) is 1. The number of nitrogens with zero attached hydrogens (tertiary/aromatic N) is 2. The molecule has 0 aliphatic carbocycles. The van der Waals surface area contributed by atoms with Gasteiger partial charge in [-0.1, -0.05) is 0 Å². The van der Waals surface area contributed by atoms with Gasteiger partial charge in [0.1, 0.15) is 0 Å². The van der Waals surface area contributed by atoms with Crippen LogP contribution in [-0.4, -0.2) is 48.6 Å². The molecule has 106 valence electrons. The maximum Gasteiger partial charge on any atom is 0.367 e. The molecule has 0 amide bonds. The van der Waals surface area contributed by atoms with E-state index in [1.165, 1.54) is 24.2 Å². The van der Waals surface area contributed by atoms with E-state index in [0.717, 1.165) is 25.3 Å². The molecule has 0 atom stereocenters. The van der Waals surface area contributed by atoms with Crippen molar-refractivity contribution < 1.29 is 9.53 Å². The van der Waals surface area contributed by atoms with Gasteiger partial charge in [0.2, 0.25) is 5.01 Å². The first-order valence-corrected chi connectivity index (χ1v) is 7.61. The summed E-state index contributed by atoms with van der Waals surface area (Å²) in [5.41, 5.74) is 0.953. The largest absolute Gasteiger partial charge is 0.461 e. The molecule has 1 aliphatic rings.